The summed E-state index contributed by atoms with van der Waals surface area (Å²) in [5.74, 6) is -3.36. The van der Waals surface area contributed by atoms with E-state index >= 15 is 0 Å². The van der Waals surface area contributed by atoms with E-state index in [-0.39, 0.29) is 11.1 Å². The van der Waals surface area contributed by atoms with Crippen molar-refractivity contribution < 1.29 is 27.2 Å². The van der Waals surface area contributed by atoms with Crippen LogP contribution in [0, 0.1) is 5.82 Å². The zero-order valence-electron chi connectivity index (χ0n) is 9.67. The van der Waals surface area contributed by atoms with Crippen LogP contribution in [-0.2, 0) is 9.59 Å². The van der Waals surface area contributed by atoms with E-state index in [0.717, 1.165) is 12.1 Å². The fraction of sp³-hybridized carbons (Fsp3) is 0.167. The molecule has 0 spiro atoms. The highest BCUT2D eigenvalue weighted by atomic mass is 35.5. The summed E-state index contributed by atoms with van der Waals surface area (Å²) in [4.78, 5) is 23.7. The van der Waals surface area contributed by atoms with Gasteiger partial charge in [-0.3, -0.25) is 9.59 Å². The van der Waals surface area contributed by atoms with Crippen molar-refractivity contribution >= 4 is 29.1 Å². The van der Waals surface area contributed by atoms with Crippen molar-refractivity contribution in [1.82, 2.24) is 0 Å². The maximum Gasteiger partial charge on any atom is 0.413 e. The van der Waals surface area contributed by atoms with Gasteiger partial charge in [0.25, 0.3) is 5.91 Å². The number of alkyl halides is 3. The molecule has 0 bridgehead atoms. The van der Waals surface area contributed by atoms with Gasteiger partial charge in [-0.2, -0.15) is 13.2 Å². The predicted molar refractivity (Wildman–Crippen MR) is 62.7 cm³/mol. The molecule has 1 aromatic carbocycles. The number of carbonyl (C=O) groups excluding carboxylic acids is 2. The summed E-state index contributed by atoms with van der Waals surface area (Å²) < 4.78 is 51.0. The molecule has 0 radical (unpaired) electrons. The molecule has 0 saturated carbocycles. The van der Waals surface area contributed by atoms with Gasteiger partial charge in [0, 0.05) is 16.7 Å². The Hall–Kier alpha value is -1.89. The topological polar surface area (TPSA) is 37.4 Å². The molecule has 0 aliphatic carbocycles. The highest BCUT2D eigenvalue weighted by molar-refractivity contribution is 6.30. The smallest absolute Gasteiger partial charge is 0.274 e. The maximum absolute atomic E-state index is 13.6. The number of rotatable bonds is 1. The summed E-state index contributed by atoms with van der Waals surface area (Å²) in [7, 11) is 0. The first-order valence-corrected chi connectivity index (χ1v) is 5.67. The Kier molecular flexibility index (Phi) is 3.56. The minimum absolute atomic E-state index is 0.0367. The number of benzene rings is 1. The number of carbonyl (C=O) groups is 2. The Morgan fingerprint density at radius 2 is 1.85 bits per heavy atom. The fourth-order valence-corrected chi connectivity index (χ4v) is 1.89. The van der Waals surface area contributed by atoms with Gasteiger partial charge in [-0.15, -0.1) is 0 Å². The van der Waals surface area contributed by atoms with E-state index in [0.29, 0.717) is 4.90 Å². The standard InChI is InChI=1S/C12H6ClF4NO2/c13-7-1-2-9(8(14)5-7)18-10(19)3-6(4-11(18)20)12(15,16)17/h1-3,5H,4H2. The predicted octanol–water partition coefficient (Wildman–Crippen LogP) is 3.23. The number of nitrogens with zero attached hydrogens (tertiary/aromatic N) is 1. The lowest BCUT2D eigenvalue weighted by molar-refractivity contribution is -0.129. The highest BCUT2D eigenvalue weighted by Crippen LogP contribution is 2.33. The van der Waals surface area contributed by atoms with E-state index in [4.69, 9.17) is 11.6 Å². The van der Waals surface area contributed by atoms with E-state index in [1.807, 2.05) is 0 Å². The molecule has 106 valence electrons. The van der Waals surface area contributed by atoms with E-state index in [1.54, 1.807) is 0 Å². The normalized spacial score (nSPS) is 16.4. The minimum Gasteiger partial charge on any atom is -0.274 e. The average molecular weight is 308 g/mol. The average Bonchev–Trinajstić information content (AvgIpc) is 2.29. The molecule has 0 aromatic heterocycles. The molecule has 0 N–H and O–H groups in total. The molecule has 1 aliphatic rings. The summed E-state index contributed by atoms with van der Waals surface area (Å²) in [5, 5.41) is 0.0367. The van der Waals surface area contributed by atoms with Crippen LogP contribution in [0.3, 0.4) is 0 Å². The molecule has 0 unspecified atom stereocenters. The third-order valence-corrected chi connectivity index (χ3v) is 2.86. The molecule has 1 aromatic rings. The fourth-order valence-electron chi connectivity index (χ4n) is 1.73. The zero-order chi connectivity index (χ0) is 15.1. The summed E-state index contributed by atoms with van der Waals surface area (Å²) in [6, 6.07) is 3.14. The third kappa shape index (κ3) is 2.67. The Morgan fingerprint density at radius 3 is 2.35 bits per heavy atom. The van der Waals surface area contributed by atoms with Crippen molar-refractivity contribution in [2.75, 3.05) is 4.90 Å². The van der Waals surface area contributed by atoms with Gasteiger partial charge in [-0.1, -0.05) is 11.6 Å². The van der Waals surface area contributed by atoms with Crippen LogP contribution in [0.4, 0.5) is 23.2 Å². The maximum atomic E-state index is 13.6. The molecular weight excluding hydrogens is 302 g/mol. The minimum atomic E-state index is -4.77. The quantitative estimate of drug-likeness (QED) is 0.590. The van der Waals surface area contributed by atoms with E-state index in [9.17, 15) is 27.2 Å². The van der Waals surface area contributed by atoms with E-state index in [2.05, 4.69) is 0 Å². The monoisotopic (exact) mass is 307 g/mol. The van der Waals surface area contributed by atoms with Crippen molar-refractivity contribution in [1.29, 1.82) is 0 Å². The van der Waals surface area contributed by atoms with Crippen LogP contribution >= 0.6 is 11.6 Å². The number of imide groups is 1. The first-order chi connectivity index (χ1) is 9.20. The van der Waals surface area contributed by atoms with Gasteiger partial charge < -0.3 is 0 Å². The van der Waals surface area contributed by atoms with Crippen molar-refractivity contribution in [3.8, 4) is 0 Å². The van der Waals surface area contributed by atoms with Crippen LogP contribution < -0.4 is 4.90 Å². The summed E-state index contributed by atoms with van der Waals surface area (Å²) in [6.45, 7) is 0. The van der Waals surface area contributed by atoms with Crippen LogP contribution in [-0.4, -0.2) is 18.0 Å². The first kappa shape index (κ1) is 14.5. The molecule has 0 fully saturated rings. The van der Waals surface area contributed by atoms with Crippen LogP contribution in [0.2, 0.25) is 5.02 Å². The lowest BCUT2D eigenvalue weighted by atomic mass is 10.1. The Balaban J connectivity index is 2.43. The SMILES string of the molecule is O=C1C=C(C(F)(F)F)CC(=O)N1c1ccc(Cl)cc1F. The van der Waals surface area contributed by atoms with Gasteiger partial charge in [0.15, 0.2) is 0 Å². The van der Waals surface area contributed by atoms with E-state index < -0.39 is 41.5 Å². The zero-order valence-corrected chi connectivity index (χ0v) is 10.4. The second-order valence-corrected chi connectivity index (χ2v) is 4.44. The Morgan fingerprint density at radius 1 is 1.20 bits per heavy atom. The summed E-state index contributed by atoms with van der Waals surface area (Å²) in [6.07, 6.45) is -5.50. The molecular formula is C12H6ClF4NO2. The summed E-state index contributed by atoms with van der Waals surface area (Å²) in [5.41, 5.74) is -1.68. The summed E-state index contributed by atoms with van der Waals surface area (Å²) >= 11 is 5.52. The molecule has 2 amide bonds. The second kappa shape index (κ2) is 4.90. The molecule has 3 nitrogen and oxygen atoms in total. The lowest BCUT2D eigenvalue weighted by Crippen LogP contribution is -2.41. The molecule has 2 rings (SSSR count). The molecule has 8 heteroatoms. The Labute approximate surface area is 115 Å². The van der Waals surface area contributed by atoms with Gasteiger partial charge in [0.05, 0.1) is 12.1 Å². The van der Waals surface area contributed by atoms with Gasteiger partial charge >= 0.3 is 6.18 Å². The van der Waals surface area contributed by atoms with Crippen molar-refractivity contribution in [2.45, 2.75) is 12.6 Å². The van der Waals surface area contributed by atoms with Gasteiger partial charge in [-0.25, -0.2) is 9.29 Å². The van der Waals surface area contributed by atoms with E-state index in [1.165, 1.54) is 6.07 Å². The highest BCUT2D eigenvalue weighted by Gasteiger charge is 2.41. The van der Waals surface area contributed by atoms with Crippen LogP contribution in [0.25, 0.3) is 0 Å². The second-order valence-electron chi connectivity index (χ2n) is 4.01. The third-order valence-electron chi connectivity index (χ3n) is 2.62. The van der Waals surface area contributed by atoms with Crippen molar-refractivity contribution in [3.05, 3.63) is 40.7 Å². The molecule has 20 heavy (non-hydrogen) atoms. The molecule has 1 aliphatic heterocycles. The van der Waals surface area contributed by atoms with Crippen molar-refractivity contribution in [3.63, 3.8) is 0 Å². The lowest BCUT2D eigenvalue weighted by Gasteiger charge is -2.25. The number of halogens is 5. The first-order valence-electron chi connectivity index (χ1n) is 5.30. The number of anilines is 1. The number of hydrogen-bond acceptors (Lipinski definition) is 2. The Bertz CT molecular complexity index is 624. The molecule has 1 heterocycles. The van der Waals surface area contributed by atoms with Gasteiger partial charge in [0.1, 0.15) is 5.82 Å². The largest absolute Gasteiger partial charge is 0.413 e. The molecule has 0 saturated heterocycles. The van der Waals surface area contributed by atoms with Gasteiger partial charge in [0.2, 0.25) is 5.91 Å². The number of amides is 2. The van der Waals surface area contributed by atoms with Crippen LogP contribution in [0.1, 0.15) is 6.42 Å². The molecule has 0 atom stereocenters. The van der Waals surface area contributed by atoms with Gasteiger partial charge in [-0.05, 0) is 18.2 Å². The van der Waals surface area contributed by atoms with Crippen LogP contribution in [0.5, 0.6) is 0 Å². The van der Waals surface area contributed by atoms with Crippen LogP contribution in [0.15, 0.2) is 29.8 Å². The number of hydrogen-bond donors (Lipinski definition) is 0. The van der Waals surface area contributed by atoms with Crippen molar-refractivity contribution in [2.24, 2.45) is 0 Å².